The molecule has 5 nitrogen and oxygen atoms in total. The van der Waals surface area contributed by atoms with Gasteiger partial charge in [0, 0.05) is 29.4 Å². The van der Waals surface area contributed by atoms with Crippen LogP contribution in [0.25, 0.3) is 0 Å². The number of hydrogen-bond donors (Lipinski definition) is 1. The molecular formula is C16H26N2O3S2. The Morgan fingerprint density at radius 1 is 1.30 bits per heavy atom. The molecule has 1 fully saturated rings. The molecule has 1 saturated heterocycles. The van der Waals surface area contributed by atoms with Crippen molar-refractivity contribution in [1.82, 2.24) is 9.62 Å². The van der Waals surface area contributed by atoms with E-state index >= 15 is 0 Å². The van der Waals surface area contributed by atoms with Crippen molar-refractivity contribution < 1.29 is 13.2 Å². The van der Waals surface area contributed by atoms with Crippen LogP contribution in [0.5, 0.6) is 0 Å². The van der Waals surface area contributed by atoms with Gasteiger partial charge in [-0.3, -0.25) is 4.79 Å². The number of nitrogens with zero attached hydrogens (tertiary/aromatic N) is 1. The number of hydrogen-bond acceptors (Lipinski definition) is 4. The number of sulfonamides is 1. The summed E-state index contributed by atoms with van der Waals surface area (Å²) >= 11 is 1.69. The van der Waals surface area contributed by atoms with Gasteiger partial charge in [-0.2, -0.15) is 0 Å². The monoisotopic (exact) mass is 358 g/mol. The van der Waals surface area contributed by atoms with Gasteiger partial charge < -0.3 is 4.90 Å². The van der Waals surface area contributed by atoms with Gasteiger partial charge in [0.2, 0.25) is 10.0 Å². The van der Waals surface area contributed by atoms with Crippen LogP contribution in [0.1, 0.15) is 60.6 Å². The summed E-state index contributed by atoms with van der Waals surface area (Å²) in [7, 11) is -3.25. The first-order valence-corrected chi connectivity index (χ1v) is 10.4. The molecule has 0 unspecified atom stereocenters. The lowest BCUT2D eigenvalue weighted by Gasteiger charge is -2.20. The first-order chi connectivity index (χ1) is 10.5. The summed E-state index contributed by atoms with van der Waals surface area (Å²) in [5.74, 6) is 0.176. The van der Waals surface area contributed by atoms with Crippen molar-refractivity contribution in [3.05, 3.63) is 21.4 Å². The second kappa shape index (κ2) is 6.53. The predicted molar refractivity (Wildman–Crippen MR) is 94.8 cm³/mol. The predicted octanol–water partition coefficient (Wildman–Crippen LogP) is 2.54. The molecule has 0 aliphatic carbocycles. The highest BCUT2D eigenvalue weighted by atomic mass is 32.2. The minimum Gasteiger partial charge on any atom is -0.336 e. The molecule has 0 saturated carbocycles. The van der Waals surface area contributed by atoms with Crippen LogP contribution in [0.3, 0.4) is 0 Å². The molecule has 23 heavy (non-hydrogen) atoms. The lowest BCUT2D eigenvalue weighted by atomic mass is 9.93. The SMILES string of the molecule is CC(C)c1sc(C(C)(C)C)cc1C(=O)N1CCNS(=O)(=O)CC1. The average molecular weight is 359 g/mol. The molecule has 7 heteroatoms. The molecule has 1 N–H and O–H groups in total. The van der Waals surface area contributed by atoms with Crippen molar-refractivity contribution >= 4 is 27.3 Å². The normalized spacial score (nSPS) is 19.0. The van der Waals surface area contributed by atoms with Gasteiger partial charge in [-0.1, -0.05) is 34.6 Å². The molecule has 0 spiro atoms. The van der Waals surface area contributed by atoms with Gasteiger partial charge in [0.25, 0.3) is 5.91 Å². The van der Waals surface area contributed by atoms with Crippen LogP contribution in [-0.4, -0.2) is 44.6 Å². The van der Waals surface area contributed by atoms with E-state index in [1.165, 1.54) is 4.88 Å². The fourth-order valence-corrected chi connectivity index (χ4v) is 4.71. The molecular weight excluding hydrogens is 332 g/mol. The summed E-state index contributed by atoms with van der Waals surface area (Å²) in [5, 5.41) is 0. The molecule has 130 valence electrons. The van der Waals surface area contributed by atoms with E-state index in [2.05, 4.69) is 39.3 Å². The molecule has 2 heterocycles. The van der Waals surface area contributed by atoms with Crippen LogP contribution < -0.4 is 4.72 Å². The number of amides is 1. The minimum absolute atomic E-state index is 0.00345. The topological polar surface area (TPSA) is 66.5 Å². The van der Waals surface area contributed by atoms with E-state index in [0.29, 0.717) is 6.54 Å². The molecule has 1 aromatic rings. The Morgan fingerprint density at radius 3 is 2.52 bits per heavy atom. The summed E-state index contributed by atoms with van der Waals surface area (Å²) in [6, 6.07) is 2.00. The van der Waals surface area contributed by atoms with Crippen molar-refractivity contribution in [2.45, 2.75) is 46.0 Å². The van der Waals surface area contributed by atoms with Gasteiger partial charge in [0.15, 0.2) is 0 Å². The van der Waals surface area contributed by atoms with Gasteiger partial charge >= 0.3 is 0 Å². The van der Waals surface area contributed by atoms with Crippen molar-refractivity contribution in [2.24, 2.45) is 0 Å². The molecule has 1 aromatic heterocycles. The Labute approximate surface area is 143 Å². The second-order valence-corrected chi connectivity index (χ2v) is 10.3. The number of nitrogens with one attached hydrogen (secondary N) is 1. The van der Waals surface area contributed by atoms with Crippen LogP contribution in [0, 0.1) is 0 Å². The zero-order valence-electron chi connectivity index (χ0n) is 14.5. The van der Waals surface area contributed by atoms with Crippen LogP contribution in [0.4, 0.5) is 0 Å². The van der Waals surface area contributed by atoms with Crippen molar-refractivity contribution in [1.29, 1.82) is 0 Å². The van der Waals surface area contributed by atoms with Crippen LogP contribution >= 0.6 is 11.3 Å². The van der Waals surface area contributed by atoms with Crippen molar-refractivity contribution in [2.75, 3.05) is 25.4 Å². The van der Waals surface area contributed by atoms with Crippen molar-refractivity contribution in [3.63, 3.8) is 0 Å². The summed E-state index contributed by atoms with van der Waals surface area (Å²) in [6.07, 6.45) is 0. The first kappa shape index (κ1) is 18.4. The summed E-state index contributed by atoms with van der Waals surface area (Å²) in [5.41, 5.74) is 0.727. The van der Waals surface area contributed by atoms with Gasteiger partial charge in [0.05, 0.1) is 11.3 Å². The fraction of sp³-hybridized carbons (Fsp3) is 0.688. The zero-order valence-corrected chi connectivity index (χ0v) is 16.1. The van der Waals surface area contributed by atoms with E-state index in [-0.39, 0.29) is 36.1 Å². The standard InChI is InChI=1S/C16H26N2O3S2/c1-11(2)14-12(10-13(22-14)16(3,4)5)15(19)18-7-6-17-23(20,21)9-8-18/h10-11,17H,6-9H2,1-5H3. The summed E-state index contributed by atoms with van der Waals surface area (Å²) in [6.45, 7) is 11.5. The van der Waals surface area contributed by atoms with Crippen molar-refractivity contribution in [3.8, 4) is 0 Å². The van der Waals surface area contributed by atoms with E-state index < -0.39 is 10.0 Å². The highest BCUT2D eigenvalue weighted by Gasteiger charge is 2.28. The molecule has 0 aromatic carbocycles. The maximum absolute atomic E-state index is 12.9. The Bertz CT molecular complexity index is 685. The highest BCUT2D eigenvalue weighted by Crippen LogP contribution is 2.36. The molecule has 1 aliphatic heterocycles. The van der Waals surface area contributed by atoms with Crippen LogP contribution in [0.2, 0.25) is 0 Å². The molecule has 2 rings (SSSR count). The molecule has 0 atom stereocenters. The Morgan fingerprint density at radius 2 is 1.96 bits per heavy atom. The van der Waals surface area contributed by atoms with E-state index in [0.717, 1.165) is 10.4 Å². The first-order valence-electron chi connectivity index (χ1n) is 7.92. The Hall–Kier alpha value is -0.920. The smallest absolute Gasteiger partial charge is 0.255 e. The highest BCUT2D eigenvalue weighted by molar-refractivity contribution is 7.89. The molecule has 1 amide bonds. The lowest BCUT2D eigenvalue weighted by molar-refractivity contribution is 0.0771. The maximum atomic E-state index is 12.9. The molecule has 0 radical (unpaired) electrons. The lowest BCUT2D eigenvalue weighted by Crippen LogP contribution is -2.35. The maximum Gasteiger partial charge on any atom is 0.255 e. The third kappa shape index (κ3) is 4.33. The third-order valence-electron chi connectivity index (χ3n) is 3.88. The van der Waals surface area contributed by atoms with Crippen LogP contribution in [0.15, 0.2) is 6.07 Å². The molecule has 0 bridgehead atoms. The summed E-state index contributed by atoms with van der Waals surface area (Å²) in [4.78, 5) is 16.9. The van der Waals surface area contributed by atoms with Crippen LogP contribution in [-0.2, 0) is 15.4 Å². The Kier molecular flexibility index (Phi) is 5.23. The third-order valence-corrected chi connectivity index (χ3v) is 7.10. The number of carbonyl (C=O) groups excluding carboxylic acids is 1. The van der Waals surface area contributed by atoms with Gasteiger partial charge in [-0.05, 0) is 17.4 Å². The number of rotatable bonds is 2. The van der Waals surface area contributed by atoms with E-state index in [1.807, 2.05) is 6.07 Å². The fourth-order valence-electron chi connectivity index (χ4n) is 2.49. The quantitative estimate of drug-likeness (QED) is 0.883. The summed E-state index contributed by atoms with van der Waals surface area (Å²) < 4.78 is 25.8. The number of carbonyl (C=O) groups is 1. The zero-order chi connectivity index (χ0) is 17.4. The minimum atomic E-state index is -3.25. The Balaban J connectivity index is 2.33. The number of thiophene rings is 1. The molecule has 1 aliphatic rings. The van der Waals surface area contributed by atoms with E-state index in [1.54, 1.807) is 16.2 Å². The largest absolute Gasteiger partial charge is 0.336 e. The van der Waals surface area contributed by atoms with Gasteiger partial charge in [0.1, 0.15) is 0 Å². The van der Waals surface area contributed by atoms with E-state index in [4.69, 9.17) is 0 Å². The van der Waals surface area contributed by atoms with E-state index in [9.17, 15) is 13.2 Å². The average Bonchev–Trinajstić information content (AvgIpc) is 2.79. The second-order valence-electron chi connectivity index (χ2n) is 7.30. The van der Waals surface area contributed by atoms with Gasteiger partial charge in [-0.15, -0.1) is 11.3 Å². The van der Waals surface area contributed by atoms with Gasteiger partial charge in [-0.25, -0.2) is 13.1 Å².